The molecule has 0 heterocycles. The summed E-state index contributed by atoms with van der Waals surface area (Å²) in [6.45, 7) is 1.29. The van der Waals surface area contributed by atoms with Crippen LogP contribution in [0.5, 0.6) is 0 Å². The third kappa shape index (κ3) is 5.35. The van der Waals surface area contributed by atoms with E-state index in [4.69, 9.17) is 15.1 Å². The van der Waals surface area contributed by atoms with Crippen molar-refractivity contribution in [2.45, 2.75) is 18.4 Å². The number of ether oxygens (including phenoxy) is 1. The summed E-state index contributed by atoms with van der Waals surface area (Å²) < 4.78 is 4.98. The minimum atomic E-state index is -0.614. The molecule has 0 bridgehead atoms. The molecule has 0 radical (unpaired) electrons. The summed E-state index contributed by atoms with van der Waals surface area (Å²) in [5, 5.41) is 22.3. The first-order chi connectivity index (χ1) is 12.0. The van der Waals surface area contributed by atoms with Gasteiger partial charge in [-0.2, -0.15) is 5.26 Å². The second kappa shape index (κ2) is 8.87. The number of esters is 1. The summed E-state index contributed by atoms with van der Waals surface area (Å²) in [6.07, 6.45) is 0. The molecule has 2 aromatic rings. The number of carbonyl (C=O) groups is 2. The SMILES string of the molecule is Cc1cc(SC#N)ccc1NC(=O)COC(=O)c1ccc(CO)cc1. The molecule has 0 atom stereocenters. The lowest BCUT2D eigenvalue weighted by Crippen LogP contribution is -2.21. The minimum Gasteiger partial charge on any atom is -0.452 e. The monoisotopic (exact) mass is 356 g/mol. The highest BCUT2D eigenvalue weighted by Gasteiger charge is 2.11. The second-order valence-electron chi connectivity index (χ2n) is 5.15. The van der Waals surface area contributed by atoms with E-state index in [2.05, 4.69) is 5.32 Å². The number of aliphatic hydroxyl groups excluding tert-OH is 1. The zero-order valence-corrected chi connectivity index (χ0v) is 14.3. The quantitative estimate of drug-likeness (QED) is 0.469. The van der Waals surface area contributed by atoms with Crippen molar-refractivity contribution in [1.82, 2.24) is 0 Å². The van der Waals surface area contributed by atoms with E-state index in [9.17, 15) is 9.59 Å². The van der Waals surface area contributed by atoms with Crippen LogP contribution < -0.4 is 5.32 Å². The van der Waals surface area contributed by atoms with Crippen LogP contribution in [0.25, 0.3) is 0 Å². The molecule has 2 N–H and O–H groups in total. The van der Waals surface area contributed by atoms with E-state index in [1.165, 1.54) is 12.1 Å². The van der Waals surface area contributed by atoms with Crippen molar-refractivity contribution in [3.05, 3.63) is 59.2 Å². The Hall–Kier alpha value is -2.82. The lowest BCUT2D eigenvalue weighted by atomic mass is 10.1. The Morgan fingerprint density at radius 3 is 2.56 bits per heavy atom. The Kier molecular flexibility index (Phi) is 6.57. The van der Waals surface area contributed by atoms with Crippen LogP contribution in [-0.2, 0) is 16.1 Å². The number of carbonyl (C=O) groups excluding carboxylic acids is 2. The Balaban J connectivity index is 1.89. The van der Waals surface area contributed by atoms with Gasteiger partial charge in [0.25, 0.3) is 5.91 Å². The van der Waals surface area contributed by atoms with Gasteiger partial charge in [0.05, 0.1) is 12.2 Å². The van der Waals surface area contributed by atoms with Crippen LogP contribution in [0.1, 0.15) is 21.5 Å². The van der Waals surface area contributed by atoms with Crippen LogP contribution >= 0.6 is 11.8 Å². The molecule has 0 saturated heterocycles. The zero-order chi connectivity index (χ0) is 18.2. The molecule has 0 aromatic heterocycles. The standard InChI is InChI=1S/C18H16N2O4S/c1-12-8-15(25-11-19)6-7-16(12)20-17(22)10-24-18(23)14-4-2-13(9-21)3-5-14/h2-8,21H,9-10H2,1H3,(H,20,22). The number of hydrogen-bond acceptors (Lipinski definition) is 6. The van der Waals surface area contributed by atoms with Crippen LogP contribution in [0, 0.1) is 17.6 Å². The second-order valence-corrected chi connectivity index (χ2v) is 6.01. The van der Waals surface area contributed by atoms with Gasteiger partial charge in [-0.1, -0.05) is 12.1 Å². The van der Waals surface area contributed by atoms with Gasteiger partial charge in [-0.25, -0.2) is 4.79 Å². The minimum absolute atomic E-state index is 0.108. The first kappa shape index (κ1) is 18.5. The molecule has 0 fully saturated rings. The Bertz CT molecular complexity index is 813. The predicted molar refractivity (Wildman–Crippen MR) is 93.9 cm³/mol. The summed E-state index contributed by atoms with van der Waals surface area (Å²) in [5.74, 6) is -1.07. The van der Waals surface area contributed by atoms with E-state index < -0.39 is 18.5 Å². The first-order valence-electron chi connectivity index (χ1n) is 7.37. The van der Waals surface area contributed by atoms with Gasteiger partial charge in [0.2, 0.25) is 0 Å². The number of amides is 1. The van der Waals surface area contributed by atoms with Crippen molar-refractivity contribution in [2.24, 2.45) is 0 Å². The Morgan fingerprint density at radius 1 is 1.24 bits per heavy atom. The molecule has 0 aliphatic heterocycles. The molecule has 7 heteroatoms. The predicted octanol–water partition coefficient (Wildman–Crippen LogP) is 2.86. The van der Waals surface area contributed by atoms with Crippen LogP contribution in [0.3, 0.4) is 0 Å². The average Bonchev–Trinajstić information content (AvgIpc) is 2.62. The fraction of sp³-hybridized carbons (Fsp3) is 0.167. The first-order valence-corrected chi connectivity index (χ1v) is 8.18. The van der Waals surface area contributed by atoms with Gasteiger partial charge < -0.3 is 15.2 Å². The molecule has 2 rings (SSSR count). The number of anilines is 1. The largest absolute Gasteiger partial charge is 0.452 e. The van der Waals surface area contributed by atoms with Gasteiger partial charge >= 0.3 is 5.97 Å². The number of rotatable bonds is 6. The molecule has 1 amide bonds. The van der Waals surface area contributed by atoms with Gasteiger partial charge in [-0.05, 0) is 60.1 Å². The van der Waals surface area contributed by atoms with E-state index in [0.29, 0.717) is 16.8 Å². The number of thiocyanates is 1. The highest BCUT2D eigenvalue weighted by Crippen LogP contribution is 2.23. The van der Waals surface area contributed by atoms with Crippen molar-refractivity contribution >= 4 is 29.3 Å². The molecule has 2 aromatic carbocycles. The number of aliphatic hydroxyl groups is 1. The highest BCUT2D eigenvalue weighted by atomic mass is 32.2. The number of nitrogens with one attached hydrogen (secondary N) is 1. The summed E-state index contributed by atoms with van der Waals surface area (Å²) >= 11 is 1.04. The lowest BCUT2D eigenvalue weighted by molar-refractivity contribution is -0.119. The number of aryl methyl sites for hydroxylation is 1. The molecule has 0 unspecified atom stereocenters. The van der Waals surface area contributed by atoms with Gasteiger partial charge in [-0.15, -0.1) is 0 Å². The maximum absolute atomic E-state index is 11.9. The third-order valence-electron chi connectivity index (χ3n) is 3.34. The molecule has 0 saturated carbocycles. The van der Waals surface area contributed by atoms with E-state index in [-0.39, 0.29) is 6.61 Å². The molecule has 0 aliphatic rings. The van der Waals surface area contributed by atoms with Gasteiger partial charge in [0.15, 0.2) is 6.61 Å². The smallest absolute Gasteiger partial charge is 0.338 e. The average molecular weight is 356 g/mol. The number of nitriles is 1. The number of hydrogen-bond donors (Lipinski definition) is 2. The fourth-order valence-corrected chi connectivity index (χ4v) is 2.52. The van der Waals surface area contributed by atoms with Crippen LogP contribution in [0.4, 0.5) is 5.69 Å². The van der Waals surface area contributed by atoms with E-state index in [1.807, 2.05) is 12.3 Å². The maximum atomic E-state index is 11.9. The number of thioether (sulfide) groups is 1. The number of benzene rings is 2. The third-order valence-corrected chi connectivity index (χ3v) is 3.92. The molecule has 128 valence electrons. The van der Waals surface area contributed by atoms with Gasteiger partial charge in [0.1, 0.15) is 5.40 Å². The maximum Gasteiger partial charge on any atom is 0.338 e. The highest BCUT2D eigenvalue weighted by molar-refractivity contribution is 8.03. The van der Waals surface area contributed by atoms with Crippen molar-refractivity contribution < 1.29 is 19.4 Å². The van der Waals surface area contributed by atoms with E-state index in [0.717, 1.165) is 22.2 Å². The van der Waals surface area contributed by atoms with Crippen LogP contribution in [0.15, 0.2) is 47.4 Å². The summed E-state index contributed by atoms with van der Waals surface area (Å²) in [7, 11) is 0. The van der Waals surface area contributed by atoms with E-state index >= 15 is 0 Å². The topological polar surface area (TPSA) is 99.4 Å². The molecule has 25 heavy (non-hydrogen) atoms. The van der Waals surface area contributed by atoms with Gasteiger partial charge in [0, 0.05) is 10.6 Å². The summed E-state index contributed by atoms with van der Waals surface area (Å²) in [5.41, 5.74) is 2.39. The fourth-order valence-electron chi connectivity index (χ4n) is 2.04. The Labute approximate surface area is 149 Å². The summed E-state index contributed by atoms with van der Waals surface area (Å²) in [4.78, 5) is 24.6. The molecule has 0 aliphatic carbocycles. The van der Waals surface area contributed by atoms with Gasteiger partial charge in [-0.3, -0.25) is 4.79 Å². The van der Waals surface area contributed by atoms with Crippen LogP contribution in [-0.4, -0.2) is 23.6 Å². The van der Waals surface area contributed by atoms with Crippen molar-refractivity contribution in [3.8, 4) is 5.40 Å². The van der Waals surface area contributed by atoms with Crippen molar-refractivity contribution in [2.75, 3.05) is 11.9 Å². The Morgan fingerprint density at radius 2 is 1.96 bits per heavy atom. The molecular formula is C18H16N2O4S. The number of nitrogens with zero attached hydrogens (tertiary/aromatic N) is 1. The zero-order valence-electron chi connectivity index (χ0n) is 13.5. The molecule has 6 nitrogen and oxygen atoms in total. The molecule has 0 spiro atoms. The van der Waals surface area contributed by atoms with E-state index in [1.54, 1.807) is 30.3 Å². The summed E-state index contributed by atoms with van der Waals surface area (Å²) in [6, 6.07) is 11.5. The van der Waals surface area contributed by atoms with Crippen molar-refractivity contribution in [1.29, 1.82) is 5.26 Å². The normalized spacial score (nSPS) is 9.96. The lowest BCUT2D eigenvalue weighted by Gasteiger charge is -2.10. The van der Waals surface area contributed by atoms with Crippen LogP contribution in [0.2, 0.25) is 0 Å². The molecular weight excluding hydrogens is 340 g/mol. The van der Waals surface area contributed by atoms with Crippen molar-refractivity contribution in [3.63, 3.8) is 0 Å².